The molecule has 4 nitrogen and oxygen atoms in total. The molecule has 1 aliphatic heterocycles. The predicted molar refractivity (Wildman–Crippen MR) is 69.3 cm³/mol. The van der Waals surface area contributed by atoms with Crippen LogP contribution in [0.1, 0.15) is 31.4 Å². The van der Waals surface area contributed by atoms with Crippen LogP contribution >= 0.6 is 11.6 Å². The fraction of sp³-hybridized carbons (Fsp3) is 0.385. The van der Waals surface area contributed by atoms with E-state index in [9.17, 15) is 9.59 Å². The number of amides is 3. The van der Waals surface area contributed by atoms with E-state index in [4.69, 9.17) is 11.6 Å². The minimum atomic E-state index is -0.312. The first-order valence-electron chi connectivity index (χ1n) is 5.98. The van der Waals surface area contributed by atoms with Crippen LogP contribution in [0.2, 0.25) is 5.02 Å². The molecule has 1 N–H and O–H groups in total. The van der Waals surface area contributed by atoms with Crippen molar-refractivity contribution in [3.05, 3.63) is 34.9 Å². The molecular weight excluding hydrogens is 252 g/mol. The number of hydrogen-bond acceptors (Lipinski definition) is 2. The zero-order valence-corrected chi connectivity index (χ0v) is 10.9. The van der Waals surface area contributed by atoms with Gasteiger partial charge in [0.05, 0.1) is 12.5 Å². The lowest BCUT2D eigenvalue weighted by molar-refractivity contribution is -0.130. The molecule has 0 aliphatic carbocycles. The highest BCUT2D eigenvalue weighted by atomic mass is 35.5. The highest BCUT2D eigenvalue weighted by Crippen LogP contribution is 2.23. The van der Waals surface area contributed by atoms with Gasteiger partial charge in [0.25, 0.3) is 0 Å². The summed E-state index contributed by atoms with van der Waals surface area (Å²) in [6.07, 6.45) is 1.07. The number of imide groups is 1. The highest BCUT2D eigenvalue weighted by Gasteiger charge is 2.31. The number of carbonyl (C=O) groups excluding carboxylic acids is 2. The van der Waals surface area contributed by atoms with E-state index in [1.807, 2.05) is 19.1 Å². The molecule has 5 heteroatoms. The maximum absolute atomic E-state index is 11.9. The van der Waals surface area contributed by atoms with Crippen LogP contribution in [0.25, 0.3) is 0 Å². The standard InChI is InChI=1S/C13H15ClN2O2/c1-2-7-16-12(17)8-11(15-13(16)18)9-3-5-10(14)6-4-9/h3-6,11H,2,7-8H2,1H3,(H,15,18). The van der Waals surface area contributed by atoms with Crippen molar-refractivity contribution in [3.8, 4) is 0 Å². The van der Waals surface area contributed by atoms with Crippen molar-refractivity contribution in [2.75, 3.05) is 6.54 Å². The number of hydrogen-bond donors (Lipinski definition) is 1. The average molecular weight is 267 g/mol. The molecular formula is C13H15ClN2O2. The predicted octanol–water partition coefficient (Wildman–Crippen LogP) is 2.73. The van der Waals surface area contributed by atoms with E-state index in [2.05, 4.69) is 5.32 Å². The van der Waals surface area contributed by atoms with E-state index < -0.39 is 0 Å². The third kappa shape index (κ3) is 2.64. The van der Waals surface area contributed by atoms with Gasteiger partial charge >= 0.3 is 6.03 Å². The quantitative estimate of drug-likeness (QED) is 0.915. The number of halogens is 1. The van der Waals surface area contributed by atoms with E-state index in [1.165, 1.54) is 4.90 Å². The molecule has 18 heavy (non-hydrogen) atoms. The number of benzene rings is 1. The van der Waals surface area contributed by atoms with Crippen LogP contribution in [0.5, 0.6) is 0 Å². The Bertz CT molecular complexity index is 441. The summed E-state index contributed by atoms with van der Waals surface area (Å²) in [5.74, 6) is -0.124. The average Bonchev–Trinajstić information content (AvgIpc) is 2.34. The van der Waals surface area contributed by atoms with Gasteiger partial charge in [-0.25, -0.2) is 4.79 Å². The maximum Gasteiger partial charge on any atom is 0.324 e. The Morgan fingerprint density at radius 1 is 1.33 bits per heavy atom. The van der Waals surface area contributed by atoms with Crippen molar-refractivity contribution in [3.63, 3.8) is 0 Å². The second kappa shape index (κ2) is 5.40. The van der Waals surface area contributed by atoms with Crippen LogP contribution in [0.15, 0.2) is 24.3 Å². The number of carbonyl (C=O) groups is 2. The smallest absolute Gasteiger partial charge is 0.324 e. The molecule has 1 fully saturated rings. The van der Waals surface area contributed by atoms with Gasteiger partial charge in [0.1, 0.15) is 0 Å². The van der Waals surface area contributed by atoms with Crippen LogP contribution in [-0.4, -0.2) is 23.4 Å². The van der Waals surface area contributed by atoms with Crippen molar-refractivity contribution in [1.82, 2.24) is 10.2 Å². The molecule has 1 heterocycles. The first kappa shape index (κ1) is 12.9. The molecule has 1 aromatic carbocycles. The molecule has 1 aliphatic rings. The van der Waals surface area contributed by atoms with E-state index in [-0.39, 0.29) is 18.0 Å². The lowest BCUT2D eigenvalue weighted by atomic mass is 10.0. The summed E-state index contributed by atoms with van der Waals surface area (Å²) in [6, 6.07) is 6.60. The van der Waals surface area contributed by atoms with Gasteiger partial charge in [0, 0.05) is 11.6 Å². The first-order valence-corrected chi connectivity index (χ1v) is 6.36. The highest BCUT2D eigenvalue weighted by molar-refractivity contribution is 6.30. The molecule has 1 atom stereocenters. The number of rotatable bonds is 3. The fourth-order valence-electron chi connectivity index (χ4n) is 2.02. The minimum Gasteiger partial charge on any atom is -0.330 e. The van der Waals surface area contributed by atoms with Crippen LogP contribution < -0.4 is 5.32 Å². The number of nitrogens with zero attached hydrogens (tertiary/aromatic N) is 1. The Balaban J connectivity index is 2.12. The molecule has 2 rings (SSSR count). The van der Waals surface area contributed by atoms with Crippen LogP contribution in [0.4, 0.5) is 4.79 Å². The van der Waals surface area contributed by atoms with Crippen LogP contribution in [0.3, 0.4) is 0 Å². The SMILES string of the molecule is CCCN1C(=O)CC(c2ccc(Cl)cc2)NC1=O. The van der Waals surface area contributed by atoms with Gasteiger partial charge in [-0.05, 0) is 24.1 Å². The van der Waals surface area contributed by atoms with Gasteiger partial charge in [0.15, 0.2) is 0 Å². The van der Waals surface area contributed by atoms with Gasteiger partial charge in [-0.3, -0.25) is 9.69 Å². The fourth-order valence-corrected chi connectivity index (χ4v) is 2.15. The molecule has 0 radical (unpaired) electrons. The monoisotopic (exact) mass is 266 g/mol. The van der Waals surface area contributed by atoms with Gasteiger partial charge < -0.3 is 5.32 Å². The van der Waals surface area contributed by atoms with Crippen molar-refractivity contribution in [2.45, 2.75) is 25.8 Å². The molecule has 96 valence electrons. The summed E-state index contributed by atoms with van der Waals surface area (Å²) in [5, 5.41) is 3.48. The van der Waals surface area contributed by atoms with Crippen LogP contribution in [-0.2, 0) is 4.79 Å². The third-order valence-electron chi connectivity index (χ3n) is 2.94. The van der Waals surface area contributed by atoms with Crippen molar-refractivity contribution < 1.29 is 9.59 Å². The summed E-state index contributed by atoms with van der Waals surface area (Å²) < 4.78 is 0. The van der Waals surface area contributed by atoms with E-state index in [0.717, 1.165) is 12.0 Å². The van der Waals surface area contributed by atoms with Gasteiger partial charge in [-0.2, -0.15) is 0 Å². The van der Waals surface area contributed by atoms with Crippen molar-refractivity contribution in [1.29, 1.82) is 0 Å². The molecule has 1 aromatic rings. The summed E-state index contributed by atoms with van der Waals surface area (Å²) in [6.45, 7) is 2.41. The lowest BCUT2D eigenvalue weighted by Crippen LogP contribution is -2.51. The summed E-state index contributed by atoms with van der Waals surface area (Å²) in [5.41, 5.74) is 0.900. The Kier molecular flexibility index (Phi) is 3.87. The topological polar surface area (TPSA) is 49.4 Å². The first-order chi connectivity index (χ1) is 8.61. The zero-order valence-electron chi connectivity index (χ0n) is 10.1. The summed E-state index contributed by atoms with van der Waals surface area (Å²) in [7, 11) is 0. The second-order valence-corrected chi connectivity index (χ2v) is 4.74. The minimum absolute atomic E-state index is 0.124. The zero-order chi connectivity index (χ0) is 13.1. The molecule has 0 bridgehead atoms. The third-order valence-corrected chi connectivity index (χ3v) is 3.19. The second-order valence-electron chi connectivity index (χ2n) is 4.30. The number of nitrogens with one attached hydrogen (secondary N) is 1. The Morgan fingerprint density at radius 3 is 2.56 bits per heavy atom. The van der Waals surface area contributed by atoms with E-state index in [0.29, 0.717) is 18.0 Å². The van der Waals surface area contributed by atoms with Crippen LogP contribution in [0, 0.1) is 0 Å². The van der Waals surface area contributed by atoms with Crippen molar-refractivity contribution in [2.24, 2.45) is 0 Å². The Labute approximate surface area is 111 Å². The van der Waals surface area contributed by atoms with Crippen molar-refractivity contribution >= 4 is 23.5 Å². The maximum atomic E-state index is 11.9. The molecule has 0 aromatic heterocycles. The molecule has 1 unspecified atom stereocenters. The van der Waals surface area contributed by atoms with Gasteiger partial charge in [-0.1, -0.05) is 30.7 Å². The van der Waals surface area contributed by atoms with Gasteiger partial charge in [0.2, 0.25) is 5.91 Å². The van der Waals surface area contributed by atoms with E-state index >= 15 is 0 Å². The molecule has 0 saturated carbocycles. The van der Waals surface area contributed by atoms with Gasteiger partial charge in [-0.15, -0.1) is 0 Å². The summed E-state index contributed by atoms with van der Waals surface area (Å²) in [4.78, 5) is 25.0. The lowest BCUT2D eigenvalue weighted by Gasteiger charge is -2.31. The van der Waals surface area contributed by atoms with E-state index in [1.54, 1.807) is 12.1 Å². The Hall–Kier alpha value is -1.55. The largest absolute Gasteiger partial charge is 0.330 e. The number of urea groups is 1. The normalized spacial score (nSPS) is 19.9. The molecule has 1 saturated heterocycles. The summed E-state index contributed by atoms with van der Waals surface area (Å²) >= 11 is 5.81. The molecule has 0 spiro atoms. The Morgan fingerprint density at radius 2 is 2.00 bits per heavy atom. The molecule has 3 amide bonds.